The van der Waals surface area contributed by atoms with Gasteiger partial charge in [0.2, 0.25) is 0 Å². The standard InChI is InChI=1S/C21H25N3O2S/c1-12-8-16(14(3)23-27-21(4,5)6)20-17(9-12)18(25)13(2)19(26-20)15-10-22-24(7)11-15/h8-11H,1-7H3/b23-14+. The molecule has 2 aromatic heterocycles. The van der Waals surface area contributed by atoms with E-state index in [4.69, 9.17) is 4.42 Å². The van der Waals surface area contributed by atoms with Crippen LogP contribution >= 0.6 is 11.9 Å². The van der Waals surface area contributed by atoms with Gasteiger partial charge in [-0.05, 0) is 71.2 Å². The fraction of sp³-hybridized carbons (Fsp3) is 0.381. The molecule has 0 saturated heterocycles. The number of benzene rings is 1. The predicted molar refractivity (Wildman–Crippen MR) is 114 cm³/mol. The Morgan fingerprint density at radius 2 is 1.96 bits per heavy atom. The van der Waals surface area contributed by atoms with Crippen molar-refractivity contribution in [3.63, 3.8) is 0 Å². The van der Waals surface area contributed by atoms with Crippen LogP contribution in [0.1, 0.15) is 44.4 Å². The van der Waals surface area contributed by atoms with E-state index >= 15 is 0 Å². The molecule has 1 aromatic carbocycles. The molecule has 0 unspecified atom stereocenters. The molecule has 5 nitrogen and oxygen atoms in total. The second-order valence-corrected chi connectivity index (χ2v) is 9.45. The molecule has 0 saturated carbocycles. The lowest BCUT2D eigenvalue weighted by Crippen LogP contribution is -2.10. The fourth-order valence-electron chi connectivity index (χ4n) is 2.87. The van der Waals surface area contributed by atoms with Crippen LogP contribution in [0.3, 0.4) is 0 Å². The van der Waals surface area contributed by atoms with Crippen molar-refractivity contribution in [2.24, 2.45) is 11.4 Å². The Hall–Kier alpha value is -2.34. The van der Waals surface area contributed by atoms with Gasteiger partial charge in [-0.15, -0.1) is 0 Å². The second-order valence-electron chi connectivity index (χ2n) is 7.86. The van der Waals surface area contributed by atoms with Crippen LogP contribution < -0.4 is 5.43 Å². The highest BCUT2D eigenvalue weighted by atomic mass is 32.2. The Labute approximate surface area is 163 Å². The highest BCUT2D eigenvalue weighted by Gasteiger charge is 2.18. The number of nitrogens with zero attached hydrogens (tertiary/aromatic N) is 3. The summed E-state index contributed by atoms with van der Waals surface area (Å²) in [5.74, 6) is 0.557. The molecule has 27 heavy (non-hydrogen) atoms. The summed E-state index contributed by atoms with van der Waals surface area (Å²) in [5, 5.41) is 4.79. The van der Waals surface area contributed by atoms with Gasteiger partial charge in [0, 0.05) is 29.1 Å². The molecule has 0 aliphatic heterocycles. The molecular formula is C21H25N3O2S. The molecule has 0 atom stereocenters. The third-order valence-corrected chi connectivity index (χ3v) is 5.09. The molecule has 0 fully saturated rings. The summed E-state index contributed by atoms with van der Waals surface area (Å²) < 4.78 is 12.6. The molecule has 0 bridgehead atoms. The van der Waals surface area contributed by atoms with E-state index < -0.39 is 0 Å². The van der Waals surface area contributed by atoms with Crippen LogP contribution in [0.25, 0.3) is 22.3 Å². The number of rotatable bonds is 3. The maximum Gasteiger partial charge on any atom is 0.196 e. The van der Waals surface area contributed by atoms with E-state index in [1.54, 1.807) is 17.8 Å². The Morgan fingerprint density at radius 3 is 2.56 bits per heavy atom. The SMILES string of the molecule is C/C(=N\SC(C)(C)C)c1cc(C)cc2c(=O)c(C)c(-c3cnn(C)c3)oc12. The van der Waals surface area contributed by atoms with Crippen molar-refractivity contribution in [1.29, 1.82) is 0 Å². The van der Waals surface area contributed by atoms with E-state index in [0.29, 0.717) is 22.3 Å². The average molecular weight is 384 g/mol. The van der Waals surface area contributed by atoms with Crippen molar-refractivity contribution < 1.29 is 4.42 Å². The lowest BCUT2D eigenvalue weighted by Gasteiger charge is -2.15. The van der Waals surface area contributed by atoms with Gasteiger partial charge >= 0.3 is 0 Å². The van der Waals surface area contributed by atoms with Crippen LogP contribution in [0.15, 0.2) is 38.1 Å². The van der Waals surface area contributed by atoms with Crippen LogP contribution in [0.2, 0.25) is 0 Å². The predicted octanol–water partition coefficient (Wildman–Crippen LogP) is 5.07. The Morgan fingerprint density at radius 1 is 1.26 bits per heavy atom. The van der Waals surface area contributed by atoms with E-state index in [0.717, 1.165) is 22.4 Å². The lowest BCUT2D eigenvalue weighted by atomic mass is 10.0. The van der Waals surface area contributed by atoms with Crippen molar-refractivity contribution in [2.75, 3.05) is 0 Å². The van der Waals surface area contributed by atoms with Crippen molar-refractivity contribution in [3.8, 4) is 11.3 Å². The molecule has 0 N–H and O–H groups in total. The molecule has 0 spiro atoms. The molecule has 6 heteroatoms. The van der Waals surface area contributed by atoms with Gasteiger partial charge in [0.15, 0.2) is 5.43 Å². The Balaban J connectivity index is 2.28. The number of hydrogen-bond donors (Lipinski definition) is 0. The molecule has 0 radical (unpaired) electrons. The van der Waals surface area contributed by atoms with Gasteiger partial charge in [-0.1, -0.05) is 0 Å². The summed E-state index contributed by atoms with van der Waals surface area (Å²) in [6.07, 6.45) is 3.56. The average Bonchev–Trinajstić information content (AvgIpc) is 3.01. The zero-order valence-corrected chi connectivity index (χ0v) is 17.7. The van der Waals surface area contributed by atoms with Crippen LogP contribution in [0.4, 0.5) is 0 Å². The maximum atomic E-state index is 13.0. The molecule has 0 aliphatic carbocycles. The molecule has 0 aliphatic rings. The number of aromatic nitrogens is 2. The zero-order chi connectivity index (χ0) is 19.9. The van der Waals surface area contributed by atoms with E-state index in [9.17, 15) is 4.79 Å². The summed E-state index contributed by atoms with van der Waals surface area (Å²) in [6, 6.07) is 3.91. The Bertz CT molecular complexity index is 1100. The van der Waals surface area contributed by atoms with Gasteiger partial charge in [0.05, 0.1) is 22.9 Å². The minimum Gasteiger partial charge on any atom is -0.455 e. The smallest absolute Gasteiger partial charge is 0.196 e. The number of fused-ring (bicyclic) bond motifs is 1. The largest absolute Gasteiger partial charge is 0.455 e. The first-order chi connectivity index (χ1) is 12.6. The zero-order valence-electron chi connectivity index (χ0n) is 16.9. The van der Waals surface area contributed by atoms with Crippen molar-refractivity contribution in [1.82, 2.24) is 9.78 Å². The van der Waals surface area contributed by atoms with E-state index in [2.05, 4.69) is 30.3 Å². The minimum absolute atomic E-state index is 0.0131. The monoisotopic (exact) mass is 383 g/mol. The molecule has 0 amide bonds. The first-order valence-electron chi connectivity index (χ1n) is 8.87. The van der Waals surface area contributed by atoms with E-state index in [1.807, 2.05) is 39.2 Å². The molecule has 2 heterocycles. The van der Waals surface area contributed by atoms with Crippen molar-refractivity contribution in [3.05, 3.63) is 51.4 Å². The number of aryl methyl sites for hydroxylation is 2. The third kappa shape index (κ3) is 4.00. The summed E-state index contributed by atoms with van der Waals surface area (Å²) in [6.45, 7) is 12.1. The van der Waals surface area contributed by atoms with Gasteiger partial charge < -0.3 is 4.42 Å². The van der Waals surface area contributed by atoms with E-state index in [1.165, 1.54) is 11.9 Å². The van der Waals surface area contributed by atoms with Crippen molar-refractivity contribution >= 4 is 28.6 Å². The second kappa shape index (κ2) is 7.00. The van der Waals surface area contributed by atoms with Gasteiger partial charge in [-0.2, -0.15) is 5.10 Å². The lowest BCUT2D eigenvalue weighted by molar-refractivity contribution is 0.613. The molecule has 3 rings (SSSR count). The normalized spacial score (nSPS) is 12.8. The number of hydrogen-bond acceptors (Lipinski definition) is 5. The molecular weight excluding hydrogens is 358 g/mol. The summed E-state index contributed by atoms with van der Waals surface area (Å²) in [5.41, 5.74) is 4.64. The van der Waals surface area contributed by atoms with Crippen molar-refractivity contribution in [2.45, 2.75) is 46.3 Å². The van der Waals surface area contributed by atoms with E-state index in [-0.39, 0.29) is 10.2 Å². The highest BCUT2D eigenvalue weighted by molar-refractivity contribution is 7.99. The van der Waals surface area contributed by atoms with Gasteiger partial charge in [0.1, 0.15) is 11.3 Å². The highest BCUT2D eigenvalue weighted by Crippen LogP contribution is 2.30. The first kappa shape index (κ1) is 19.4. The quantitative estimate of drug-likeness (QED) is 0.468. The maximum absolute atomic E-state index is 13.0. The molecule has 142 valence electrons. The minimum atomic E-state index is -0.0173. The topological polar surface area (TPSA) is 60.4 Å². The Kier molecular flexibility index (Phi) is 5.04. The van der Waals surface area contributed by atoms with Crippen LogP contribution in [-0.4, -0.2) is 20.2 Å². The molecule has 3 aromatic rings. The van der Waals surface area contributed by atoms with Gasteiger partial charge in [-0.3, -0.25) is 9.48 Å². The van der Waals surface area contributed by atoms with Crippen LogP contribution in [-0.2, 0) is 7.05 Å². The van der Waals surface area contributed by atoms with Crippen LogP contribution in [0.5, 0.6) is 0 Å². The fourth-order valence-corrected chi connectivity index (χ4v) is 3.38. The third-order valence-electron chi connectivity index (χ3n) is 4.18. The first-order valence-corrected chi connectivity index (χ1v) is 9.64. The van der Waals surface area contributed by atoms with Gasteiger partial charge in [0.25, 0.3) is 0 Å². The van der Waals surface area contributed by atoms with Gasteiger partial charge in [-0.25, -0.2) is 4.40 Å². The summed E-state index contributed by atoms with van der Waals surface area (Å²) >= 11 is 1.52. The summed E-state index contributed by atoms with van der Waals surface area (Å²) in [7, 11) is 1.84. The van der Waals surface area contributed by atoms with Crippen LogP contribution in [0, 0.1) is 13.8 Å². The summed E-state index contributed by atoms with van der Waals surface area (Å²) in [4.78, 5) is 13.0.